The Kier molecular flexibility index (Phi) is 6.67. The van der Waals surface area contributed by atoms with Crippen LogP contribution in [0, 0.1) is 11.3 Å². The Morgan fingerprint density at radius 3 is 2.78 bits per heavy atom. The maximum Gasteiger partial charge on any atom is 0.305 e. The van der Waals surface area contributed by atoms with Gasteiger partial charge in [-0.1, -0.05) is 25.1 Å². The van der Waals surface area contributed by atoms with Crippen LogP contribution in [0.5, 0.6) is 0 Å². The van der Waals surface area contributed by atoms with E-state index in [1.165, 1.54) is 7.11 Å². The molecule has 0 fully saturated rings. The first kappa shape index (κ1) is 21.8. The second-order valence-electron chi connectivity index (χ2n) is 7.63. The van der Waals surface area contributed by atoms with Gasteiger partial charge < -0.3 is 4.74 Å². The third kappa shape index (κ3) is 4.30. The first-order chi connectivity index (χ1) is 15.7. The molecule has 5 nitrogen and oxygen atoms in total. The van der Waals surface area contributed by atoms with Crippen LogP contribution in [0.3, 0.4) is 0 Å². The lowest BCUT2D eigenvalue weighted by Crippen LogP contribution is -2.06. The van der Waals surface area contributed by atoms with Gasteiger partial charge in [0.25, 0.3) is 0 Å². The second kappa shape index (κ2) is 9.80. The van der Waals surface area contributed by atoms with E-state index >= 15 is 0 Å². The largest absolute Gasteiger partial charge is 0.469 e. The summed E-state index contributed by atoms with van der Waals surface area (Å²) in [4.78, 5) is 12.7. The highest BCUT2D eigenvalue weighted by Crippen LogP contribution is 2.38. The van der Waals surface area contributed by atoms with E-state index in [2.05, 4.69) is 42.6 Å². The Hall–Kier alpha value is -3.43. The zero-order chi connectivity index (χ0) is 22.5. The van der Waals surface area contributed by atoms with E-state index in [0.717, 1.165) is 64.2 Å². The van der Waals surface area contributed by atoms with E-state index in [-0.39, 0.29) is 5.97 Å². The Balaban J connectivity index is 1.91. The fraction of sp³-hybridized carbons (Fsp3) is 0.269. The molecule has 0 aliphatic rings. The number of rotatable bonds is 8. The van der Waals surface area contributed by atoms with Crippen LogP contribution in [0.4, 0.5) is 0 Å². The normalized spacial score (nSPS) is 10.9. The van der Waals surface area contributed by atoms with Crippen LogP contribution in [0.2, 0.25) is 0 Å². The molecular weight excluding hydrogens is 418 g/mol. The zero-order valence-electron chi connectivity index (χ0n) is 18.3. The third-order valence-electron chi connectivity index (χ3n) is 5.66. The van der Waals surface area contributed by atoms with Crippen molar-refractivity contribution in [2.45, 2.75) is 39.0 Å². The molecule has 32 heavy (non-hydrogen) atoms. The summed E-state index contributed by atoms with van der Waals surface area (Å²) in [6, 6.07) is 18.4. The summed E-state index contributed by atoms with van der Waals surface area (Å²) in [6.07, 6.45) is 3.66. The molecule has 0 saturated carbocycles. The molecule has 4 aromatic rings. The topological polar surface area (TPSA) is 67.4 Å². The number of thiophene rings is 1. The van der Waals surface area contributed by atoms with Crippen molar-refractivity contribution in [1.82, 2.24) is 9.61 Å². The Bertz CT molecular complexity index is 1280. The second-order valence-corrected chi connectivity index (χ2v) is 8.58. The van der Waals surface area contributed by atoms with E-state index < -0.39 is 0 Å². The number of aromatic nitrogens is 2. The standard InChI is InChI=1S/C26H25N3O2S/c1-3-20-13-14-22-25(19-9-6-8-18(16-19)17-27)21(10-4-5-12-24(30)31-2)26(28-29(20)22)23-11-7-15-32-23/h6-9,11,13-16H,3-5,10,12H2,1-2H3. The molecule has 4 rings (SSSR count). The Morgan fingerprint density at radius 1 is 1.19 bits per heavy atom. The molecule has 3 aromatic heterocycles. The molecule has 0 spiro atoms. The number of benzene rings is 1. The summed E-state index contributed by atoms with van der Waals surface area (Å²) < 4.78 is 6.84. The van der Waals surface area contributed by atoms with Gasteiger partial charge >= 0.3 is 5.97 Å². The number of carbonyl (C=O) groups excluding carboxylic acids is 1. The fourth-order valence-corrected chi connectivity index (χ4v) is 4.81. The van der Waals surface area contributed by atoms with Gasteiger partial charge in [0.15, 0.2) is 0 Å². The van der Waals surface area contributed by atoms with Gasteiger partial charge in [0.1, 0.15) is 5.69 Å². The number of fused-ring (bicyclic) bond motifs is 1. The van der Waals surface area contributed by atoms with Crippen molar-refractivity contribution in [3.05, 3.63) is 70.7 Å². The van der Waals surface area contributed by atoms with Gasteiger partial charge in [0, 0.05) is 17.7 Å². The van der Waals surface area contributed by atoms with E-state index in [1.54, 1.807) is 11.3 Å². The van der Waals surface area contributed by atoms with E-state index in [9.17, 15) is 10.1 Å². The summed E-state index contributed by atoms with van der Waals surface area (Å²) in [7, 11) is 1.42. The van der Waals surface area contributed by atoms with Gasteiger partial charge in [-0.3, -0.25) is 4.79 Å². The van der Waals surface area contributed by atoms with Gasteiger partial charge in [0.2, 0.25) is 0 Å². The highest BCUT2D eigenvalue weighted by atomic mass is 32.1. The number of nitrogens with zero attached hydrogens (tertiary/aromatic N) is 3. The predicted molar refractivity (Wildman–Crippen MR) is 128 cm³/mol. The van der Waals surface area contributed by atoms with Crippen LogP contribution in [0.1, 0.15) is 43.0 Å². The van der Waals surface area contributed by atoms with Crippen LogP contribution in [0.15, 0.2) is 53.9 Å². The number of esters is 1. The van der Waals surface area contributed by atoms with E-state index in [0.29, 0.717) is 12.0 Å². The van der Waals surface area contributed by atoms with Crippen molar-refractivity contribution in [2.75, 3.05) is 7.11 Å². The molecule has 0 saturated heterocycles. The van der Waals surface area contributed by atoms with Crippen molar-refractivity contribution in [2.24, 2.45) is 0 Å². The van der Waals surface area contributed by atoms with E-state index in [4.69, 9.17) is 9.84 Å². The lowest BCUT2D eigenvalue weighted by Gasteiger charge is -2.17. The van der Waals surface area contributed by atoms with Gasteiger partial charge in [-0.15, -0.1) is 11.3 Å². The number of nitriles is 1. The molecular formula is C26H25N3O2S. The van der Waals surface area contributed by atoms with Crippen LogP contribution < -0.4 is 0 Å². The van der Waals surface area contributed by atoms with Gasteiger partial charge in [-0.05, 0) is 72.5 Å². The molecule has 0 atom stereocenters. The monoisotopic (exact) mass is 443 g/mol. The average Bonchev–Trinajstić information content (AvgIpc) is 3.50. The number of unbranched alkanes of at least 4 members (excludes halogenated alkanes) is 1. The van der Waals surface area contributed by atoms with Crippen LogP contribution in [-0.2, 0) is 22.4 Å². The van der Waals surface area contributed by atoms with Crippen molar-refractivity contribution >= 4 is 22.8 Å². The lowest BCUT2D eigenvalue weighted by molar-refractivity contribution is -0.140. The number of aryl methyl sites for hydroxylation is 1. The highest BCUT2D eigenvalue weighted by Gasteiger charge is 2.20. The van der Waals surface area contributed by atoms with Crippen LogP contribution in [0.25, 0.3) is 27.2 Å². The van der Waals surface area contributed by atoms with Crippen LogP contribution in [-0.4, -0.2) is 22.7 Å². The summed E-state index contributed by atoms with van der Waals surface area (Å²) in [5.74, 6) is -0.182. The Morgan fingerprint density at radius 2 is 2.06 bits per heavy atom. The van der Waals surface area contributed by atoms with Crippen molar-refractivity contribution in [3.8, 4) is 27.8 Å². The molecule has 0 amide bonds. The maximum absolute atomic E-state index is 11.6. The number of carbonyl (C=O) groups is 1. The molecule has 1 aromatic carbocycles. The maximum atomic E-state index is 11.6. The van der Waals surface area contributed by atoms with Crippen molar-refractivity contribution in [3.63, 3.8) is 0 Å². The molecule has 0 aliphatic heterocycles. The van der Waals surface area contributed by atoms with Gasteiger partial charge in [-0.2, -0.15) is 10.4 Å². The quantitative estimate of drug-likeness (QED) is 0.246. The molecule has 0 aliphatic carbocycles. The summed E-state index contributed by atoms with van der Waals surface area (Å²) in [5, 5.41) is 16.6. The molecule has 0 N–H and O–H groups in total. The highest BCUT2D eigenvalue weighted by molar-refractivity contribution is 7.13. The minimum absolute atomic E-state index is 0.182. The van der Waals surface area contributed by atoms with E-state index in [1.807, 2.05) is 28.8 Å². The third-order valence-corrected chi connectivity index (χ3v) is 6.54. The molecule has 3 heterocycles. The summed E-state index contributed by atoms with van der Waals surface area (Å²) in [5.41, 5.74) is 7.06. The number of hydrogen-bond acceptors (Lipinski definition) is 5. The van der Waals surface area contributed by atoms with Crippen molar-refractivity contribution < 1.29 is 9.53 Å². The minimum atomic E-state index is -0.182. The summed E-state index contributed by atoms with van der Waals surface area (Å²) >= 11 is 1.67. The van der Waals surface area contributed by atoms with Crippen LogP contribution >= 0.6 is 11.3 Å². The molecule has 162 valence electrons. The van der Waals surface area contributed by atoms with Gasteiger partial charge in [0.05, 0.1) is 29.1 Å². The minimum Gasteiger partial charge on any atom is -0.469 e. The summed E-state index contributed by atoms with van der Waals surface area (Å²) in [6.45, 7) is 2.13. The number of methoxy groups -OCH3 is 1. The SMILES string of the molecule is CCc1ccc2c(-c3cccc(C#N)c3)c(CCCCC(=O)OC)c(-c3cccs3)nn12. The molecule has 0 unspecified atom stereocenters. The zero-order valence-corrected chi connectivity index (χ0v) is 19.1. The number of ether oxygens (including phenoxy) is 1. The average molecular weight is 444 g/mol. The first-order valence-corrected chi connectivity index (χ1v) is 11.7. The molecule has 0 radical (unpaired) electrons. The Labute approximate surface area is 191 Å². The number of hydrogen-bond donors (Lipinski definition) is 0. The molecule has 6 heteroatoms. The fourth-order valence-electron chi connectivity index (χ4n) is 4.07. The molecule has 0 bridgehead atoms. The first-order valence-electron chi connectivity index (χ1n) is 10.8. The predicted octanol–water partition coefficient (Wildman–Crippen LogP) is 6.05. The van der Waals surface area contributed by atoms with Gasteiger partial charge in [-0.25, -0.2) is 4.52 Å². The van der Waals surface area contributed by atoms with Crippen molar-refractivity contribution in [1.29, 1.82) is 5.26 Å². The smallest absolute Gasteiger partial charge is 0.305 e. The lowest BCUT2D eigenvalue weighted by atomic mass is 9.93.